The highest BCUT2D eigenvalue weighted by Crippen LogP contribution is 2.35. The molecule has 0 unspecified atom stereocenters. The smallest absolute Gasteiger partial charge is 0.0472 e. The Morgan fingerprint density at radius 3 is 2.40 bits per heavy atom. The molecule has 1 heterocycles. The van der Waals surface area contributed by atoms with Crippen LogP contribution in [0.15, 0.2) is 0 Å². The first-order valence-electron chi connectivity index (χ1n) is 8.86. The van der Waals surface area contributed by atoms with E-state index in [2.05, 4.69) is 17.1 Å². The molecule has 116 valence electrons. The predicted octanol–water partition coefficient (Wildman–Crippen LogP) is 2.80. The summed E-state index contributed by atoms with van der Waals surface area (Å²) in [6.07, 6.45) is 11.0. The lowest BCUT2D eigenvalue weighted by atomic mass is 9.79. The summed E-state index contributed by atoms with van der Waals surface area (Å²) in [5, 5.41) is 3.80. The first kappa shape index (κ1) is 14.8. The lowest BCUT2D eigenvalue weighted by Gasteiger charge is -2.43. The van der Waals surface area contributed by atoms with Crippen molar-refractivity contribution in [1.82, 2.24) is 10.2 Å². The fraction of sp³-hybridized carbons (Fsp3) is 1.00. The number of rotatable bonds is 7. The van der Waals surface area contributed by atoms with Crippen LogP contribution in [0, 0.1) is 5.41 Å². The van der Waals surface area contributed by atoms with E-state index in [4.69, 9.17) is 4.74 Å². The zero-order chi connectivity index (χ0) is 13.8. The van der Waals surface area contributed by atoms with Crippen LogP contribution in [0.4, 0.5) is 0 Å². The maximum atomic E-state index is 5.64. The van der Waals surface area contributed by atoms with Crippen LogP contribution in [0.2, 0.25) is 0 Å². The first-order chi connectivity index (χ1) is 9.81. The average molecular weight is 280 g/mol. The lowest BCUT2D eigenvalue weighted by Crippen LogP contribution is -2.50. The van der Waals surface area contributed by atoms with Crippen LogP contribution in [-0.4, -0.2) is 49.8 Å². The standard InChI is InChI=1S/C17H32N2O/c1-2-19(16-5-3-4-6-16)14-17(9-11-20-12-10-17)13-18-15-7-8-15/h15-16,18H,2-14H2,1H3. The van der Waals surface area contributed by atoms with E-state index in [1.807, 2.05) is 0 Å². The van der Waals surface area contributed by atoms with Gasteiger partial charge in [0.25, 0.3) is 0 Å². The van der Waals surface area contributed by atoms with E-state index in [0.29, 0.717) is 5.41 Å². The molecule has 0 aromatic rings. The first-order valence-corrected chi connectivity index (χ1v) is 8.86. The number of nitrogens with zero attached hydrogens (tertiary/aromatic N) is 1. The van der Waals surface area contributed by atoms with E-state index in [-0.39, 0.29) is 0 Å². The van der Waals surface area contributed by atoms with Gasteiger partial charge < -0.3 is 15.0 Å². The molecule has 2 saturated carbocycles. The van der Waals surface area contributed by atoms with Crippen LogP contribution in [0.1, 0.15) is 58.3 Å². The van der Waals surface area contributed by atoms with Crippen LogP contribution in [0.5, 0.6) is 0 Å². The molecule has 3 aliphatic rings. The van der Waals surface area contributed by atoms with Crippen LogP contribution < -0.4 is 5.32 Å². The molecule has 2 aliphatic carbocycles. The highest BCUT2D eigenvalue weighted by Gasteiger charge is 2.37. The third kappa shape index (κ3) is 3.75. The maximum absolute atomic E-state index is 5.64. The minimum Gasteiger partial charge on any atom is -0.381 e. The summed E-state index contributed by atoms with van der Waals surface area (Å²) < 4.78 is 5.64. The van der Waals surface area contributed by atoms with Crippen molar-refractivity contribution in [2.24, 2.45) is 5.41 Å². The molecule has 3 nitrogen and oxygen atoms in total. The Bertz CT molecular complexity index is 291. The molecule has 3 rings (SSSR count). The Hall–Kier alpha value is -0.120. The van der Waals surface area contributed by atoms with E-state index in [1.165, 1.54) is 71.0 Å². The van der Waals surface area contributed by atoms with E-state index in [9.17, 15) is 0 Å². The Kier molecular flexibility index (Phi) is 5.00. The minimum atomic E-state index is 0.472. The van der Waals surface area contributed by atoms with Gasteiger partial charge in [-0.05, 0) is 50.5 Å². The fourth-order valence-electron chi connectivity index (χ4n) is 4.04. The van der Waals surface area contributed by atoms with Gasteiger partial charge in [0.1, 0.15) is 0 Å². The topological polar surface area (TPSA) is 24.5 Å². The van der Waals surface area contributed by atoms with Crippen molar-refractivity contribution in [3.8, 4) is 0 Å². The molecule has 20 heavy (non-hydrogen) atoms. The van der Waals surface area contributed by atoms with Crippen molar-refractivity contribution in [1.29, 1.82) is 0 Å². The second kappa shape index (κ2) is 6.76. The van der Waals surface area contributed by atoms with Gasteiger partial charge in [0.15, 0.2) is 0 Å². The van der Waals surface area contributed by atoms with E-state index in [0.717, 1.165) is 25.3 Å². The average Bonchev–Trinajstić information content (AvgIpc) is 3.17. The molecule has 0 amide bonds. The summed E-state index contributed by atoms with van der Waals surface area (Å²) in [7, 11) is 0. The van der Waals surface area contributed by atoms with Crippen molar-refractivity contribution in [3.63, 3.8) is 0 Å². The van der Waals surface area contributed by atoms with E-state index in [1.54, 1.807) is 0 Å². The van der Waals surface area contributed by atoms with Gasteiger partial charge in [0.2, 0.25) is 0 Å². The summed E-state index contributed by atoms with van der Waals surface area (Å²) in [6.45, 7) is 8.00. The Morgan fingerprint density at radius 1 is 1.10 bits per heavy atom. The normalized spacial score (nSPS) is 27.3. The van der Waals surface area contributed by atoms with Crippen molar-refractivity contribution < 1.29 is 4.74 Å². The molecule has 0 radical (unpaired) electrons. The van der Waals surface area contributed by atoms with Gasteiger partial charge in [-0.1, -0.05) is 19.8 Å². The predicted molar refractivity (Wildman–Crippen MR) is 83.0 cm³/mol. The largest absolute Gasteiger partial charge is 0.381 e. The molecule has 1 saturated heterocycles. The monoisotopic (exact) mass is 280 g/mol. The highest BCUT2D eigenvalue weighted by atomic mass is 16.5. The molecule has 1 aliphatic heterocycles. The molecule has 0 aromatic heterocycles. The summed E-state index contributed by atoms with van der Waals surface area (Å²) >= 11 is 0. The summed E-state index contributed by atoms with van der Waals surface area (Å²) in [5.74, 6) is 0. The summed E-state index contributed by atoms with van der Waals surface area (Å²) in [5.41, 5.74) is 0.472. The molecular weight excluding hydrogens is 248 g/mol. The Morgan fingerprint density at radius 2 is 1.80 bits per heavy atom. The zero-order valence-corrected chi connectivity index (χ0v) is 13.2. The molecule has 0 atom stereocenters. The molecule has 0 spiro atoms. The van der Waals surface area contributed by atoms with Crippen molar-refractivity contribution in [3.05, 3.63) is 0 Å². The SMILES string of the molecule is CCN(CC1(CNC2CC2)CCOCC1)C1CCCC1. The third-order valence-electron chi connectivity index (χ3n) is 5.68. The number of nitrogens with one attached hydrogen (secondary N) is 1. The second-order valence-corrected chi connectivity index (χ2v) is 7.27. The number of hydrogen-bond donors (Lipinski definition) is 1. The lowest BCUT2D eigenvalue weighted by molar-refractivity contribution is -0.0107. The Balaban J connectivity index is 1.60. The zero-order valence-electron chi connectivity index (χ0n) is 13.2. The highest BCUT2D eigenvalue weighted by molar-refractivity contribution is 4.92. The molecule has 0 bridgehead atoms. The van der Waals surface area contributed by atoms with E-state index < -0.39 is 0 Å². The second-order valence-electron chi connectivity index (χ2n) is 7.27. The fourth-order valence-corrected chi connectivity index (χ4v) is 4.04. The van der Waals surface area contributed by atoms with Gasteiger partial charge in [-0.3, -0.25) is 0 Å². The van der Waals surface area contributed by atoms with Gasteiger partial charge in [-0.2, -0.15) is 0 Å². The maximum Gasteiger partial charge on any atom is 0.0472 e. The number of ether oxygens (including phenoxy) is 1. The van der Waals surface area contributed by atoms with Gasteiger partial charge in [-0.15, -0.1) is 0 Å². The van der Waals surface area contributed by atoms with Gasteiger partial charge in [0, 0.05) is 38.4 Å². The molecule has 1 N–H and O–H groups in total. The summed E-state index contributed by atoms with van der Waals surface area (Å²) in [4.78, 5) is 2.78. The van der Waals surface area contributed by atoms with Gasteiger partial charge in [-0.25, -0.2) is 0 Å². The van der Waals surface area contributed by atoms with Crippen LogP contribution in [0.3, 0.4) is 0 Å². The number of hydrogen-bond acceptors (Lipinski definition) is 3. The minimum absolute atomic E-state index is 0.472. The molecule has 3 heteroatoms. The third-order valence-corrected chi connectivity index (χ3v) is 5.68. The van der Waals surface area contributed by atoms with Gasteiger partial charge in [0.05, 0.1) is 0 Å². The van der Waals surface area contributed by atoms with Crippen LogP contribution in [-0.2, 0) is 4.74 Å². The molecule has 0 aromatic carbocycles. The van der Waals surface area contributed by atoms with Crippen LogP contribution in [0.25, 0.3) is 0 Å². The summed E-state index contributed by atoms with van der Waals surface area (Å²) in [6, 6.07) is 1.69. The van der Waals surface area contributed by atoms with Crippen molar-refractivity contribution >= 4 is 0 Å². The van der Waals surface area contributed by atoms with Gasteiger partial charge >= 0.3 is 0 Å². The van der Waals surface area contributed by atoms with Crippen molar-refractivity contribution in [2.45, 2.75) is 70.4 Å². The Labute approximate surface area is 124 Å². The van der Waals surface area contributed by atoms with E-state index >= 15 is 0 Å². The van der Waals surface area contributed by atoms with Crippen LogP contribution >= 0.6 is 0 Å². The molecule has 3 fully saturated rings. The van der Waals surface area contributed by atoms with Crippen molar-refractivity contribution in [2.75, 3.05) is 32.8 Å². The quantitative estimate of drug-likeness (QED) is 0.776. The molecular formula is C17H32N2O.